The van der Waals surface area contributed by atoms with E-state index in [0.717, 1.165) is 35.1 Å². The zero-order valence-electron chi connectivity index (χ0n) is 15.2. The molecule has 0 saturated carbocycles. The van der Waals surface area contributed by atoms with Crippen LogP contribution in [0.2, 0.25) is 5.02 Å². The quantitative estimate of drug-likeness (QED) is 0.391. The summed E-state index contributed by atoms with van der Waals surface area (Å²) >= 11 is 5.93. The van der Waals surface area contributed by atoms with Gasteiger partial charge in [0.25, 0.3) is 0 Å². The van der Waals surface area contributed by atoms with Gasteiger partial charge in [0.2, 0.25) is 0 Å². The van der Waals surface area contributed by atoms with Gasteiger partial charge in [0.15, 0.2) is 0 Å². The van der Waals surface area contributed by atoms with Crippen molar-refractivity contribution in [2.45, 2.75) is 39.0 Å². The molecule has 0 aliphatic carbocycles. The first kappa shape index (κ1) is 18.5. The second-order valence-corrected chi connectivity index (χ2v) is 6.97. The molecular formula is C22H23ClO3. The lowest BCUT2D eigenvalue weighted by molar-refractivity contribution is 0.418. The number of rotatable bonds is 7. The van der Waals surface area contributed by atoms with Gasteiger partial charge in [0.05, 0.1) is 12.5 Å². The van der Waals surface area contributed by atoms with Crippen molar-refractivity contribution in [1.29, 1.82) is 0 Å². The molecule has 0 fully saturated rings. The zero-order valence-corrected chi connectivity index (χ0v) is 15.9. The second kappa shape index (κ2) is 8.41. The van der Waals surface area contributed by atoms with E-state index in [1.54, 1.807) is 7.11 Å². The number of unbranched alkanes of at least 4 members (excludes halogenated alkanes) is 2. The third-order valence-corrected chi connectivity index (χ3v) is 4.80. The maximum atomic E-state index is 12.4. The van der Waals surface area contributed by atoms with Crippen molar-refractivity contribution in [2.75, 3.05) is 7.11 Å². The van der Waals surface area contributed by atoms with Crippen LogP contribution in [0.25, 0.3) is 11.0 Å². The molecule has 0 atom stereocenters. The maximum absolute atomic E-state index is 12.4. The van der Waals surface area contributed by atoms with Crippen molar-refractivity contribution in [1.82, 2.24) is 0 Å². The Kier molecular flexibility index (Phi) is 6.00. The van der Waals surface area contributed by atoms with Crippen LogP contribution >= 0.6 is 11.6 Å². The fourth-order valence-electron chi connectivity index (χ4n) is 3.12. The average molecular weight is 371 g/mol. The molecule has 1 aromatic heterocycles. The molecule has 3 nitrogen and oxygen atoms in total. The van der Waals surface area contributed by atoms with Crippen molar-refractivity contribution >= 4 is 22.6 Å². The van der Waals surface area contributed by atoms with Crippen LogP contribution in [0.15, 0.2) is 51.7 Å². The van der Waals surface area contributed by atoms with Gasteiger partial charge in [0, 0.05) is 17.0 Å². The van der Waals surface area contributed by atoms with Gasteiger partial charge in [-0.05, 0) is 54.3 Å². The van der Waals surface area contributed by atoms with E-state index in [2.05, 4.69) is 6.92 Å². The molecule has 0 bridgehead atoms. The highest BCUT2D eigenvalue weighted by Gasteiger charge is 2.12. The van der Waals surface area contributed by atoms with Crippen LogP contribution in [0, 0.1) is 0 Å². The van der Waals surface area contributed by atoms with E-state index in [0.29, 0.717) is 22.6 Å². The predicted octanol–water partition coefficient (Wildman–Crippen LogP) is 5.78. The van der Waals surface area contributed by atoms with Crippen LogP contribution in [0.1, 0.15) is 42.9 Å². The number of ether oxygens (including phenoxy) is 1. The number of hydrogen-bond acceptors (Lipinski definition) is 3. The Morgan fingerprint density at radius 1 is 1.04 bits per heavy atom. The largest absolute Gasteiger partial charge is 0.496 e. The van der Waals surface area contributed by atoms with Gasteiger partial charge in [0.1, 0.15) is 11.3 Å². The summed E-state index contributed by atoms with van der Waals surface area (Å²) in [6.45, 7) is 2.18. The highest BCUT2D eigenvalue weighted by atomic mass is 35.5. The minimum absolute atomic E-state index is 0.305. The van der Waals surface area contributed by atoms with Crippen molar-refractivity contribution < 1.29 is 9.15 Å². The molecule has 0 N–H and O–H groups in total. The number of benzene rings is 2. The summed E-state index contributed by atoms with van der Waals surface area (Å²) in [5, 5.41) is 1.51. The van der Waals surface area contributed by atoms with E-state index in [1.807, 2.05) is 42.5 Å². The molecule has 2 aromatic carbocycles. The maximum Gasteiger partial charge on any atom is 0.339 e. The fraction of sp³-hybridized carbons (Fsp3) is 0.318. The molecule has 1 heterocycles. The van der Waals surface area contributed by atoms with Crippen LogP contribution in [-0.2, 0) is 12.8 Å². The molecule has 0 unspecified atom stereocenters. The van der Waals surface area contributed by atoms with Crippen LogP contribution < -0.4 is 10.4 Å². The zero-order chi connectivity index (χ0) is 18.5. The summed E-state index contributed by atoms with van der Waals surface area (Å²) < 4.78 is 11.2. The van der Waals surface area contributed by atoms with E-state index in [4.69, 9.17) is 20.8 Å². The minimum Gasteiger partial charge on any atom is -0.496 e. The Balaban J connectivity index is 1.97. The van der Waals surface area contributed by atoms with Gasteiger partial charge in [-0.25, -0.2) is 4.79 Å². The van der Waals surface area contributed by atoms with Gasteiger partial charge in [-0.15, -0.1) is 0 Å². The van der Waals surface area contributed by atoms with Crippen molar-refractivity contribution in [3.05, 3.63) is 74.6 Å². The molecule has 3 aromatic rings. The minimum atomic E-state index is -0.305. The molecule has 0 radical (unpaired) electrons. The Morgan fingerprint density at radius 3 is 2.50 bits per heavy atom. The highest BCUT2D eigenvalue weighted by molar-refractivity contribution is 6.30. The first-order chi connectivity index (χ1) is 12.6. The molecule has 0 aliphatic heterocycles. The summed E-state index contributed by atoms with van der Waals surface area (Å²) in [7, 11) is 1.65. The highest BCUT2D eigenvalue weighted by Crippen LogP contribution is 2.28. The van der Waals surface area contributed by atoms with Gasteiger partial charge in [-0.3, -0.25) is 0 Å². The second-order valence-electron chi connectivity index (χ2n) is 6.53. The smallest absolute Gasteiger partial charge is 0.339 e. The van der Waals surface area contributed by atoms with Gasteiger partial charge < -0.3 is 9.15 Å². The molecule has 0 amide bonds. The Bertz CT molecular complexity index is 942. The standard InChI is InChI=1S/C22H23ClO3/c1-3-4-5-6-16-12-20(25-2)19-14-17(22(24)26-21(19)13-16)11-15-7-9-18(23)10-8-15/h7-10,12-14H,3-6,11H2,1-2H3. The molecule has 136 valence electrons. The lowest BCUT2D eigenvalue weighted by atomic mass is 10.0. The third kappa shape index (κ3) is 4.28. The Labute approximate surface area is 158 Å². The predicted molar refractivity (Wildman–Crippen MR) is 107 cm³/mol. The summed E-state index contributed by atoms with van der Waals surface area (Å²) in [6, 6.07) is 13.4. The number of methoxy groups -OCH3 is 1. The molecule has 0 saturated heterocycles. The monoisotopic (exact) mass is 370 g/mol. The summed E-state index contributed by atoms with van der Waals surface area (Å²) in [6.07, 6.45) is 4.93. The van der Waals surface area contributed by atoms with Gasteiger partial charge in [-0.1, -0.05) is 43.5 Å². The van der Waals surface area contributed by atoms with Crippen LogP contribution in [0.4, 0.5) is 0 Å². The van der Waals surface area contributed by atoms with Crippen molar-refractivity contribution in [2.24, 2.45) is 0 Å². The number of halogens is 1. The number of hydrogen-bond donors (Lipinski definition) is 0. The fourth-order valence-corrected chi connectivity index (χ4v) is 3.24. The first-order valence-electron chi connectivity index (χ1n) is 8.98. The summed E-state index contributed by atoms with van der Waals surface area (Å²) in [4.78, 5) is 12.4. The van der Waals surface area contributed by atoms with Crippen LogP contribution in [0.5, 0.6) is 5.75 Å². The van der Waals surface area contributed by atoms with Gasteiger partial charge >= 0.3 is 5.63 Å². The third-order valence-electron chi connectivity index (χ3n) is 4.54. The molecular weight excluding hydrogens is 348 g/mol. The lowest BCUT2D eigenvalue weighted by Crippen LogP contribution is -2.08. The number of fused-ring (bicyclic) bond motifs is 1. The SMILES string of the molecule is CCCCCc1cc(OC)c2cc(Cc3ccc(Cl)cc3)c(=O)oc2c1. The van der Waals surface area contributed by atoms with E-state index in [-0.39, 0.29) is 5.63 Å². The van der Waals surface area contributed by atoms with Crippen LogP contribution in [0.3, 0.4) is 0 Å². The van der Waals surface area contributed by atoms with E-state index < -0.39 is 0 Å². The Hall–Kier alpha value is -2.26. The first-order valence-corrected chi connectivity index (χ1v) is 9.36. The van der Waals surface area contributed by atoms with E-state index in [9.17, 15) is 4.79 Å². The Morgan fingerprint density at radius 2 is 1.81 bits per heavy atom. The normalized spacial score (nSPS) is 11.0. The molecule has 0 spiro atoms. The lowest BCUT2D eigenvalue weighted by Gasteiger charge is -2.10. The summed E-state index contributed by atoms with van der Waals surface area (Å²) in [5.41, 5.74) is 3.03. The molecule has 4 heteroatoms. The van der Waals surface area contributed by atoms with Gasteiger partial charge in [-0.2, -0.15) is 0 Å². The topological polar surface area (TPSA) is 39.4 Å². The number of aryl methyl sites for hydroxylation is 1. The van der Waals surface area contributed by atoms with Crippen molar-refractivity contribution in [3.8, 4) is 5.75 Å². The van der Waals surface area contributed by atoms with Crippen molar-refractivity contribution in [3.63, 3.8) is 0 Å². The molecule has 3 rings (SSSR count). The summed E-state index contributed by atoms with van der Waals surface area (Å²) in [5.74, 6) is 0.745. The van der Waals surface area contributed by atoms with E-state index in [1.165, 1.54) is 12.8 Å². The van der Waals surface area contributed by atoms with Crippen LogP contribution in [-0.4, -0.2) is 7.11 Å². The van der Waals surface area contributed by atoms with E-state index >= 15 is 0 Å². The molecule has 0 aliphatic rings. The molecule has 26 heavy (non-hydrogen) atoms. The average Bonchev–Trinajstić information content (AvgIpc) is 2.64.